The Hall–Kier alpha value is -0.770. The summed E-state index contributed by atoms with van der Waals surface area (Å²) in [6.07, 6.45) is 0.891. The molecule has 1 heterocycles. The summed E-state index contributed by atoms with van der Waals surface area (Å²) in [5.74, 6) is 0. The summed E-state index contributed by atoms with van der Waals surface area (Å²) < 4.78 is 14.7. The van der Waals surface area contributed by atoms with Gasteiger partial charge in [-0.2, -0.15) is 0 Å². The molecule has 0 saturated carbocycles. The minimum absolute atomic E-state index is 0.123. The highest BCUT2D eigenvalue weighted by Gasteiger charge is 2.35. The van der Waals surface area contributed by atoms with E-state index in [4.69, 9.17) is 14.2 Å². The van der Waals surface area contributed by atoms with E-state index in [1.54, 1.807) is 7.11 Å². The third-order valence-corrected chi connectivity index (χ3v) is 1.81. The molecule has 0 aromatic heterocycles. The maximum Gasteiger partial charge on any atom is 0.509 e. The second-order valence-electron chi connectivity index (χ2n) is 2.81. The summed E-state index contributed by atoms with van der Waals surface area (Å²) >= 11 is 0. The lowest BCUT2D eigenvalue weighted by molar-refractivity contribution is 0.0536. The van der Waals surface area contributed by atoms with E-state index in [1.807, 2.05) is 6.92 Å². The van der Waals surface area contributed by atoms with Gasteiger partial charge in [0.1, 0.15) is 6.10 Å². The standard InChI is InChI=1S/C8H14O4/c1-3-4-6-7(5-10-2)12-8(9)11-6/h6-7H,3-5H2,1-2H3. The molecule has 4 nitrogen and oxygen atoms in total. The van der Waals surface area contributed by atoms with Gasteiger partial charge in [0.2, 0.25) is 0 Å². The Morgan fingerprint density at radius 3 is 2.67 bits per heavy atom. The number of ether oxygens (including phenoxy) is 3. The number of hydrogen-bond donors (Lipinski definition) is 0. The normalized spacial score (nSPS) is 28.3. The average Bonchev–Trinajstić information content (AvgIpc) is 2.33. The van der Waals surface area contributed by atoms with Crippen molar-refractivity contribution in [1.82, 2.24) is 0 Å². The number of methoxy groups -OCH3 is 1. The topological polar surface area (TPSA) is 44.8 Å². The second-order valence-corrected chi connectivity index (χ2v) is 2.81. The largest absolute Gasteiger partial charge is 0.509 e. The summed E-state index contributed by atoms with van der Waals surface area (Å²) in [6, 6.07) is 0. The fourth-order valence-electron chi connectivity index (χ4n) is 1.26. The molecule has 1 aliphatic heterocycles. The van der Waals surface area contributed by atoms with Crippen LogP contribution in [0.4, 0.5) is 4.79 Å². The molecule has 0 aromatic carbocycles. The zero-order valence-corrected chi connectivity index (χ0v) is 7.41. The van der Waals surface area contributed by atoms with E-state index in [2.05, 4.69) is 0 Å². The van der Waals surface area contributed by atoms with E-state index in [0.29, 0.717) is 6.61 Å². The molecular formula is C8H14O4. The minimum Gasteiger partial charge on any atom is -0.427 e. The number of cyclic esters (lactones) is 2. The Morgan fingerprint density at radius 2 is 2.08 bits per heavy atom. The first-order chi connectivity index (χ1) is 5.77. The highest BCUT2D eigenvalue weighted by Crippen LogP contribution is 2.19. The Labute approximate surface area is 71.8 Å². The van der Waals surface area contributed by atoms with Crippen molar-refractivity contribution in [3.05, 3.63) is 0 Å². The molecule has 70 valence electrons. The summed E-state index contributed by atoms with van der Waals surface area (Å²) in [7, 11) is 1.58. The van der Waals surface area contributed by atoms with Crippen molar-refractivity contribution in [2.24, 2.45) is 0 Å². The molecule has 1 saturated heterocycles. The smallest absolute Gasteiger partial charge is 0.427 e. The fourth-order valence-corrected chi connectivity index (χ4v) is 1.26. The molecule has 0 radical (unpaired) electrons. The third-order valence-electron chi connectivity index (χ3n) is 1.81. The maximum atomic E-state index is 10.7. The van der Waals surface area contributed by atoms with Crippen LogP contribution in [0, 0.1) is 0 Å². The highest BCUT2D eigenvalue weighted by molar-refractivity contribution is 5.62. The fraction of sp³-hybridized carbons (Fsp3) is 0.875. The summed E-state index contributed by atoms with van der Waals surface area (Å²) in [5.41, 5.74) is 0. The first-order valence-electron chi connectivity index (χ1n) is 4.14. The average molecular weight is 174 g/mol. The lowest BCUT2D eigenvalue weighted by atomic mass is 10.1. The van der Waals surface area contributed by atoms with Gasteiger partial charge in [0, 0.05) is 7.11 Å². The molecule has 2 unspecified atom stereocenters. The Bertz CT molecular complexity index is 141. The van der Waals surface area contributed by atoms with Crippen LogP contribution in [0.1, 0.15) is 19.8 Å². The monoisotopic (exact) mass is 174 g/mol. The van der Waals surface area contributed by atoms with E-state index >= 15 is 0 Å². The molecule has 0 amide bonds. The Morgan fingerprint density at radius 1 is 1.42 bits per heavy atom. The molecule has 1 rings (SSSR count). The zero-order chi connectivity index (χ0) is 8.97. The SMILES string of the molecule is CCCC1OC(=O)OC1COC. The molecular weight excluding hydrogens is 160 g/mol. The van der Waals surface area contributed by atoms with Crippen LogP contribution in [0.3, 0.4) is 0 Å². The van der Waals surface area contributed by atoms with Crippen molar-refractivity contribution in [3.8, 4) is 0 Å². The van der Waals surface area contributed by atoms with Crippen molar-refractivity contribution < 1.29 is 19.0 Å². The van der Waals surface area contributed by atoms with Crippen molar-refractivity contribution >= 4 is 6.16 Å². The van der Waals surface area contributed by atoms with Gasteiger partial charge in [0.05, 0.1) is 6.61 Å². The summed E-state index contributed by atoms with van der Waals surface area (Å²) in [4.78, 5) is 10.7. The molecule has 0 N–H and O–H groups in total. The van der Waals surface area contributed by atoms with Crippen molar-refractivity contribution in [1.29, 1.82) is 0 Å². The van der Waals surface area contributed by atoms with Crippen LogP contribution in [0.5, 0.6) is 0 Å². The minimum atomic E-state index is -0.574. The molecule has 0 bridgehead atoms. The lowest BCUT2D eigenvalue weighted by Gasteiger charge is -2.12. The van der Waals surface area contributed by atoms with Crippen molar-refractivity contribution in [2.45, 2.75) is 32.0 Å². The van der Waals surface area contributed by atoms with Crippen molar-refractivity contribution in [3.63, 3.8) is 0 Å². The summed E-state index contributed by atoms with van der Waals surface area (Å²) in [6.45, 7) is 2.45. The Kier molecular flexibility index (Phi) is 3.34. The van der Waals surface area contributed by atoms with Gasteiger partial charge in [-0.3, -0.25) is 0 Å². The number of hydrogen-bond acceptors (Lipinski definition) is 4. The van der Waals surface area contributed by atoms with E-state index in [-0.39, 0.29) is 12.2 Å². The highest BCUT2D eigenvalue weighted by atomic mass is 16.8. The predicted molar refractivity (Wildman–Crippen MR) is 41.9 cm³/mol. The molecule has 4 heteroatoms. The quantitative estimate of drug-likeness (QED) is 0.603. The van der Waals surface area contributed by atoms with Gasteiger partial charge >= 0.3 is 6.16 Å². The predicted octanol–water partition coefficient (Wildman–Crippen LogP) is 1.34. The molecule has 0 aromatic rings. The van der Waals surface area contributed by atoms with Gasteiger partial charge < -0.3 is 14.2 Å². The van der Waals surface area contributed by atoms with Crippen LogP contribution in [0.25, 0.3) is 0 Å². The van der Waals surface area contributed by atoms with Gasteiger partial charge in [-0.1, -0.05) is 13.3 Å². The third kappa shape index (κ3) is 2.11. The van der Waals surface area contributed by atoms with Crippen LogP contribution in [0.2, 0.25) is 0 Å². The van der Waals surface area contributed by atoms with Gasteiger partial charge in [-0.05, 0) is 6.42 Å². The van der Waals surface area contributed by atoms with Gasteiger partial charge in [0.15, 0.2) is 6.10 Å². The van der Waals surface area contributed by atoms with E-state index < -0.39 is 6.16 Å². The van der Waals surface area contributed by atoms with E-state index in [9.17, 15) is 4.79 Å². The van der Waals surface area contributed by atoms with E-state index in [1.165, 1.54) is 0 Å². The van der Waals surface area contributed by atoms with Crippen molar-refractivity contribution in [2.75, 3.05) is 13.7 Å². The van der Waals surface area contributed by atoms with Crippen LogP contribution < -0.4 is 0 Å². The van der Waals surface area contributed by atoms with E-state index in [0.717, 1.165) is 12.8 Å². The van der Waals surface area contributed by atoms with Crippen LogP contribution in [-0.4, -0.2) is 32.1 Å². The number of carbonyl (C=O) groups excluding carboxylic acids is 1. The molecule has 2 atom stereocenters. The zero-order valence-electron chi connectivity index (χ0n) is 7.41. The van der Waals surface area contributed by atoms with Gasteiger partial charge in [-0.15, -0.1) is 0 Å². The Balaban J connectivity index is 2.41. The first-order valence-corrected chi connectivity index (χ1v) is 4.14. The summed E-state index contributed by atoms with van der Waals surface area (Å²) in [5, 5.41) is 0. The lowest BCUT2D eigenvalue weighted by Crippen LogP contribution is -2.26. The first kappa shape index (κ1) is 9.32. The maximum absolute atomic E-state index is 10.7. The van der Waals surface area contributed by atoms with Gasteiger partial charge in [0.25, 0.3) is 0 Å². The molecule has 1 fully saturated rings. The second kappa shape index (κ2) is 4.30. The van der Waals surface area contributed by atoms with Gasteiger partial charge in [-0.25, -0.2) is 4.79 Å². The number of carbonyl (C=O) groups is 1. The van der Waals surface area contributed by atoms with Crippen LogP contribution in [0.15, 0.2) is 0 Å². The van der Waals surface area contributed by atoms with Crippen LogP contribution >= 0.6 is 0 Å². The van der Waals surface area contributed by atoms with Crippen LogP contribution in [-0.2, 0) is 14.2 Å². The molecule has 0 spiro atoms. The molecule has 12 heavy (non-hydrogen) atoms. The number of rotatable bonds is 4. The molecule has 1 aliphatic rings. The molecule has 0 aliphatic carbocycles.